The average molecular weight is 362 g/mol. The number of carboxylic acids is 1. The lowest BCUT2D eigenvalue weighted by atomic mass is 9.92. The third kappa shape index (κ3) is 9.20. The standard InChI is InChI=1S/C20H30N2O4/c1-14(21-17(23)13-20(2,3)4)19(26)22-16(10-11-18(24)25)12-15-8-6-5-7-9-15/h5-9,14,16H,10-13H2,1-4H3,(H,21,23)(H,22,26)(H,24,25). The van der Waals surface area contributed by atoms with Crippen molar-refractivity contribution in [3.8, 4) is 0 Å². The Morgan fingerprint density at radius 3 is 2.23 bits per heavy atom. The highest BCUT2D eigenvalue weighted by molar-refractivity contribution is 5.87. The van der Waals surface area contributed by atoms with Gasteiger partial charge in [0, 0.05) is 18.9 Å². The van der Waals surface area contributed by atoms with E-state index in [1.807, 2.05) is 51.1 Å². The molecule has 0 spiro atoms. The number of carbonyl (C=O) groups excluding carboxylic acids is 2. The molecule has 2 unspecified atom stereocenters. The fraction of sp³-hybridized carbons (Fsp3) is 0.550. The van der Waals surface area contributed by atoms with Gasteiger partial charge in [-0.05, 0) is 30.7 Å². The van der Waals surface area contributed by atoms with Gasteiger partial charge in [0.1, 0.15) is 6.04 Å². The monoisotopic (exact) mass is 362 g/mol. The van der Waals surface area contributed by atoms with Crippen molar-refractivity contribution < 1.29 is 19.5 Å². The lowest BCUT2D eigenvalue weighted by molar-refractivity contribution is -0.137. The molecule has 6 heteroatoms. The average Bonchev–Trinajstić information content (AvgIpc) is 2.51. The van der Waals surface area contributed by atoms with Gasteiger partial charge in [0.05, 0.1) is 0 Å². The maximum absolute atomic E-state index is 12.4. The summed E-state index contributed by atoms with van der Waals surface area (Å²) >= 11 is 0. The molecular formula is C20H30N2O4. The van der Waals surface area contributed by atoms with E-state index in [2.05, 4.69) is 10.6 Å². The van der Waals surface area contributed by atoms with E-state index in [-0.39, 0.29) is 29.7 Å². The van der Waals surface area contributed by atoms with Crippen molar-refractivity contribution in [2.45, 2.75) is 65.5 Å². The Morgan fingerprint density at radius 2 is 1.69 bits per heavy atom. The molecule has 0 aromatic heterocycles. The number of hydrogen-bond acceptors (Lipinski definition) is 3. The number of hydrogen-bond donors (Lipinski definition) is 3. The molecule has 0 aliphatic carbocycles. The van der Waals surface area contributed by atoms with E-state index in [0.717, 1.165) is 5.56 Å². The topological polar surface area (TPSA) is 95.5 Å². The summed E-state index contributed by atoms with van der Waals surface area (Å²) in [5, 5.41) is 14.5. The Kier molecular flexibility index (Phi) is 8.29. The largest absolute Gasteiger partial charge is 0.481 e. The SMILES string of the molecule is CC(NC(=O)CC(C)(C)C)C(=O)NC(CCC(=O)O)Cc1ccccc1. The molecule has 0 aliphatic heterocycles. The molecular weight excluding hydrogens is 332 g/mol. The Hall–Kier alpha value is -2.37. The molecule has 0 saturated heterocycles. The van der Waals surface area contributed by atoms with E-state index in [4.69, 9.17) is 5.11 Å². The fourth-order valence-electron chi connectivity index (χ4n) is 2.59. The summed E-state index contributed by atoms with van der Waals surface area (Å²) in [5.41, 5.74) is 0.866. The van der Waals surface area contributed by atoms with Crippen molar-refractivity contribution in [1.29, 1.82) is 0 Å². The first-order chi connectivity index (χ1) is 12.1. The van der Waals surface area contributed by atoms with Crippen LogP contribution >= 0.6 is 0 Å². The quantitative estimate of drug-likeness (QED) is 0.629. The summed E-state index contributed by atoms with van der Waals surface area (Å²) in [5.74, 6) is -1.38. The van der Waals surface area contributed by atoms with Crippen LogP contribution in [-0.2, 0) is 20.8 Å². The van der Waals surface area contributed by atoms with Crippen LogP contribution in [0.2, 0.25) is 0 Å². The second kappa shape index (κ2) is 9.94. The van der Waals surface area contributed by atoms with E-state index in [9.17, 15) is 14.4 Å². The summed E-state index contributed by atoms with van der Waals surface area (Å²) in [6.45, 7) is 7.50. The van der Waals surface area contributed by atoms with Gasteiger partial charge in [0.15, 0.2) is 0 Å². The number of rotatable bonds is 9. The first kappa shape index (κ1) is 21.7. The number of carbonyl (C=O) groups is 3. The van der Waals surface area contributed by atoms with Gasteiger partial charge >= 0.3 is 5.97 Å². The Bertz CT molecular complexity index is 608. The molecule has 0 saturated carbocycles. The molecule has 144 valence electrons. The molecule has 6 nitrogen and oxygen atoms in total. The van der Waals surface area contributed by atoms with Crippen molar-refractivity contribution in [2.24, 2.45) is 5.41 Å². The van der Waals surface area contributed by atoms with Crippen LogP contribution in [0.15, 0.2) is 30.3 Å². The van der Waals surface area contributed by atoms with Crippen LogP contribution < -0.4 is 10.6 Å². The van der Waals surface area contributed by atoms with E-state index in [0.29, 0.717) is 19.3 Å². The molecule has 0 heterocycles. The van der Waals surface area contributed by atoms with E-state index < -0.39 is 12.0 Å². The van der Waals surface area contributed by atoms with Crippen LogP contribution in [0, 0.1) is 5.41 Å². The minimum Gasteiger partial charge on any atom is -0.481 e. The predicted octanol–water partition coefficient (Wildman–Crippen LogP) is 2.52. The van der Waals surface area contributed by atoms with Crippen molar-refractivity contribution in [2.75, 3.05) is 0 Å². The smallest absolute Gasteiger partial charge is 0.303 e. The zero-order valence-corrected chi connectivity index (χ0v) is 16.0. The second-order valence-electron chi connectivity index (χ2n) is 7.85. The van der Waals surface area contributed by atoms with Crippen LogP contribution in [0.25, 0.3) is 0 Å². The zero-order chi connectivity index (χ0) is 19.7. The van der Waals surface area contributed by atoms with Crippen molar-refractivity contribution in [3.63, 3.8) is 0 Å². The van der Waals surface area contributed by atoms with Crippen molar-refractivity contribution >= 4 is 17.8 Å². The number of nitrogens with one attached hydrogen (secondary N) is 2. The summed E-state index contributed by atoms with van der Waals surface area (Å²) in [6.07, 6.45) is 1.18. The van der Waals surface area contributed by atoms with E-state index >= 15 is 0 Å². The molecule has 26 heavy (non-hydrogen) atoms. The third-order valence-corrected chi connectivity index (χ3v) is 3.84. The predicted molar refractivity (Wildman–Crippen MR) is 101 cm³/mol. The highest BCUT2D eigenvalue weighted by atomic mass is 16.4. The van der Waals surface area contributed by atoms with Crippen LogP contribution in [0.3, 0.4) is 0 Å². The number of aliphatic carboxylic acids is 1. The van der Waals surface area contributed by atoms with E-state index in [1.54, 1.807) is 6.92 Å². The first-order valence-electron chi connectivity index (χ1n) is 8.92. The molecule has 3 N–H and O–H groups in total. The van der Waals surface area contributed by atoms with E-state index in [1.165, 1.54) is 0 Å². The normalized spacial score (nSPS) is 13.5. The minimum absolute atomic E-state index is 0.0253. The number of benzene rings is 1. The summed E-state index contributed by atoms with van der Waals surface area (Å²) in [4.78, 5) is 35.3. The Morgan fingerprint density at radius 1 is 1.08 bits per heavy atom. The summed E-state index contributed by atoms with van der Waals surface area (Å²) in [6, 6.07) is 8.61. The molecule has 1 rings (SSSR count). The maximum atomic E-state index is 12.4. The van der Waals surface area contributed by atoms with Crippen molar-refractivity contribution in [1.82, 2.24) is 10.6 Å². The van der Waals surface area contributed by atoms with Gasteiger partial charge in [0.25, 0.3) is 0 Å². The van der Waals surface area contributed by atoms with Gasteiger partial charge in [-0.1, -0.05) is 51.1 Å². The number of amides is 2. The summed E-state index contributed by atoms with van der Waals surface area (Å²) < 4.78 is 0. The molecule has 1 aromatic carbocycles. The van der Waals surface area contributed by atoms with Gasteiger partial charge in [0.2, 0.25) is 11.8 Å². The third-order valence-electron chi connectivity index (χ3n) is 3.84. The molecule has 0 radical (unpaired) electrons. The van der Waals surface area contributed by atoms with Crippen LogP contribution in [0.4, 0.5) is 0 Å². The highest BCUT2D eigenvalue weighted by Crippen LogP contribution is 2.18. The second-order valence-corrected chi connectivity index (χ2v) is 7.85. The molecule has 1 aromatic rings. The van der Waals surface area contributed by atoms with Gasteiger partial charge in [-0.2, -0.15) is 0 Å². The summed E-state index contributed by atoms with van der Waals surface area (Å²) in [7, 11) is 0. The molecule has 0 aliphatic rings. The van der Waals surface area contributed by atoms with Crippen LogP contribution in [0.5, 0.6) is 0 Å². The van der Waals surface area contributed by atoms with Crippen LogP contribution in [0.1, 0.15) is 52.5 Å². The van der Waals surface area contributed by atoms with Gasteiger partial charge < -0.3 is 15.7 Å². The maximum Gasteiger partial charge on any atom is 0.303 e. The molecule has 0 bridgehead atoms. The minimum atomic E-state index is -0.899. The highest BCUT2D eigenvalue weighted by Gasteiger charge is 2.22. The Labute approximate surface area is 155 Å². The number of carboxylic acid groups (broad SMARTS) is 1. The van der Waals surface area contributed by atoms with Gasteiger partial charge in [-0.25, -0.2) is 0 Å². The fourth-order valence-corrected chi connectivity index (χ4v) is 2.59. The lowest BCUT2D eigenvalue weighted by Gasteiger charge is -2.23. The molecule has 0 fully saturated rings. The lowest BCUT2D eigenvalue weighted by Crippen LogP contribution is -2.49. The Balaban J connectivity index is 2.65. The first-order valence-corrected chi connectivity index (χ1v) is 8.92. The zero-order valence-electron chi connectivity index (χ0n) is 16.0. The molecule has 2 atom stereocenters. The van der Waals surface area contributed by atoms with Gasteiger partial charge in [-0.15, -0.1) is 0 Å². The van der Waals surface area contributed by atoms with Crippen molar-refractivity contribution in [3.05, 3.63) is 35.9 Å². The molecule has 2 amide bonds. The van der Waals surface area contributed by atoms with Gasteiger partial charge in [-0.3, -0.25) is 14.4 Å². The van der Waals surface area contributed by atoms with Crippen LogP contribution in [-0.4, -0.2) is 35.0 Å².